The molecule has 1 nitrogen and oxygen atoms in total. The van der Waals surface area contributed by atoms with E-state index in [0.717, 1.165) is 18.9 Å². The molecule has 0 saturated carbocycles. The molecule has 1 aromatic carbocycles. The van der Waals surface area contributed by atoms with Gasteiger partial charge in [-0.25, -0.2) is 8.78 Å². The summed E-state index contributed by atoms with van der Waals surface area (Å²) in [6, 6.07) is 3.22. The SMILES string of the molecule is CCC(CC)(CS)COc1cc(F)cc(F)c1. The molecule has 0 bridgehead atoms. The van der Waals surface area contributed by atoms with E-state index in [1.165, 1.54) is 12.1 Å². The van der Waals surface area contributed by atoms with Crippen LogP contribution in [-0.4, -0.2) is 12.4 Å². The molecule has 0 unspecified atom stereocenters. The molecule has 0 atom stereocenters. The molecular formula is C13H18F2OS. The van der Waals surface area contributed by atoms with Crippen LogP contribution in [0.15, 0.2) is 18.2 Å². The summed E-state index contributed by atoms with van der Waals surface area (Å²) >= 11 is 4.32. The first-order chi connectivity index (χ1) is 8.05. The number of benzene rings is 1. The maximum atomic E-state index is 13.0. The van der Waals surface area contributed by atoms with Crippen LogP contribution < -0.4 is 4.74 Å². The van der Waals surface area contributed by atoms with Crippen molar-refractivity contribution < 1.29 is 13.5 Å². The van der Waals surface area contributed by atoms with Crippen molar-refractivity contribution in [2.75, 3.05) is 12.4 Å². The van der Waals surface area contributed by atoms with Gasteiger partial charge in [-0.3, -0.25) is 0 Å². The molecule has 0 radical (unpaired) electrons. The minimum Gasteiger partial charge on any atom is -0.493 e. The van der Waals surface area contributed by atoms with E-state index < -0.39 is 11.6 Å². The summed E-state index contributed by atoms with van der Waals surface area (Å²) in [4.78, 5) is 0. The Morgan fingerprint density at radius 3 is 2.06 bits per heavy atom. The quantitative estimate of drug-likeness (QED) is 0.758. The van der Waals surface area contributed by atoms with Crippen LogP contribution in [0.3, 0.4) is 0 Å². The molecule has 0 aliphatic rings. The van der Waals surface area contributed by atoms with E-state index in [9.17, 15) is 8.78 Å². The van der Waals surface area contributed by atoms with E-state index in [2.05, 4.69) is 26.5 Å². The lowest BCUT2D eigenvalue weighted by molar-refractivity contribution is 0.156. The van der Waals surface area contributed by atoms with Gasteiger partial charge in [0.15, 0.2) is 0 Å². The van der Waals surface area contributed by atoms with Crippen LogP contribution >= 0.6 is 12.6 Å². The number of halogens is 2. The molecule has 0 spiro atoms. The number of rotatable bonds is 6. The lowest BCUT2D eigenvalue weighted by Crippen LogP contribution is -2.29. The molecule has 0 heterocycles. The third-order valence-electron chi connectivity index (χ3n) is 3.22. The zero-order chi connectivity index (χ0) is 12.9. The van der Waals surface area contributed by atoms with Gasteiger partial charge in [0, 0.05) is 23.6 Å². The molecule has 0 aromatic heterocycles. The fourth-order valence-electron chi connectivity index (χ4n) is 1.57. The first-order valence-corrected chi connectivity index (χ1v) is 6.38. The highest BCUT2D eigenvalue weighted by molar-refractivity contribution is 7.80. The molecule has 0 amide bonds. The van der Waals surface area contributed by atoms with Crippen LogP contribution in [0, 0.1) is 17.0 Å². The van der Waals surface area contributed by atoms with Gasteiger partial charge in [-0.05, 0) is 18.6 Å². The first-order valence-electron chi connectivity index (χ1n) is 5.75. The van der Waals surface area contributed by atoms with E-state index in [1.807, 2.05) is 0 Å². The highest BCUT2D eigenvalue weighted by Gasteiger charge is 2.25. The standard InChI is InChI=1S/C13H18F2OS/c1-3-13(4-2,9-17)8-16-12-6-10(14)5-11(15)7-12/h5-7,17H,3-4,8-9H2,1-2H3. The van der Waals surface area contributed by atoms with Crippen LogP contribution in [-0.2, 0) is 0 Å². The summed E-state index contributed by atoms with van der Waals surface area (Å²) in [5.41, 5.74) is -0.0358. The summed E-state index contributed by atoms with van der Waals surface area (Å²) in [5.74, 6) is -0.317. The van der Waals surface area contributed by atoms with Gasteiger partial charge in [0.25, 0.3) is 0 Å². The monoisotopic (exact) mass is 260 g/mol. The second kappa shape index (κ2) is 6.24. The zero-order valence-electron chi connectivity index (χ0n) is 10.2. The topological polar surface area (TPSA) is 9.23 Å². The molecule has 0 aliphatic heterocycles. The number of ether oxygens (including phenoxy) is 1. The Morgan fingerprint density at radius 2 is 1.65 bits per heavy atom. The maximum absolute atomic E-state index is 13.0. The van der Waals surface area contributed by atoms with E-state index in [-0.39, 0.29) is 11.2 Å². The minimum atomic E-state index is -0.621. The largest absolute Gasteiger partial charge is 0.493 e. The van der Waals surface area contributed by atoms with Crippen molar-refractivity contribution >= 4 is 12.6 Å². The predicted octanol–water partition coefficient (Wildman–Crippen LogP) is 4.08. The van der Waals surface area contributed by atoms with Gasteiger partial charge < -0.3 is 4.74 Å². The fourth-order valence-corrected chi connectivity index (χ4v) is 2.11. The third-order valence-corrected chi connectivity index (χ3v) is 3.89. The van der Waals surface area contributed by atoms with Crippen molar-refractivity contribution in [3.63, 3.8) is 0 Å². The molecule has 1 aromatic rings. The lowest BCUT2D eigenvalue weighted by atomic mass is 9.85. The molecule has 17 heavy (non-hydrogen) atoms. The molecule has 4 heteroatoms. The Bertz CT molecular complexity index is 336. The van der Waals surface area contributed by atoms with Crippen molar-refractivity contribution in [3.8, 4) is 5.75 Å². The highest BCUT2D eigenvalue weighted by atomic mass is 32.1. The predicted molar refractivity (Wildman–Crippen MR) is 68.7 cm³/mol. The average molecular weight is 260 g/mol. The summed E-state index contributed by atoms with van der Waals surface area (Å²) in [6.45, 7) is 4.55. The molecule has 0 saturated heterocycles. The Hall–Kier alpha value is -0.770. The van der Waals surface area contributed by atoms with Crippen molar-refractivity contribution in [2.45, 2.75) is 26.7 Å². The fraction of sp³-hybridized carbons (Fsp3) is 0.538. The summed E-state index contributed by atoms with van der Waals surface area (Å²) < 4.78 is 31.4. The van der Waals surface area contributed by atoms with Crippen LogP contribution in [0.25, 0.3) is 0 Å². The van der Waals surface area contributed by atoms with Crippen molar-refractivity contribution in [2.24, 2.45) is 5.41 Å². The highest BCUT2D eigenvalue weighted by Crippen LogP contribution is 2.29. The van der Waals surface area contributed by atoms with Crippen LogP contribution in [0.2, 0.25) is 0 Å². The van der Waals surface area contributed by atoms with Gasteiger partial charge in [0.2, 0.25) is 0 Å². The van der Waals surface area contributed by atoms with Crippen LogP contribution in [0.4, 0.5) is 8.78 Å². The Balaban J connectivity index is 2.71. The second-order valence-electron chi connectivity index (χ2n) is 4.26. The molecule has 96 valence electrons. The first kappa shape index (κ1) is 14.3. The van der Waals surface area contributed by atoms with Gasteiger partial charge in [-0.15, -0.1) is 0 Å². The average Bonchev–Trinajstić information content (AvgIpc) is 2.30. The Kier molecular flexibility index (Phi) is 5.25. The summed E-state index contributed by atoms with van der Waals surface area (Å²) in [5, 5.41) is 0. The van der Waals surface area contributed by atoms with E-state index in [4.69, 9.17) is 4.74 Å². The number of hydrogen-bond acceptors (Lipinski definition) is 2. The molecule has 1 rings (SSSR count). The van der Waals surface area contributed by atoms with E-state index in [1.54, 1.807) is 0 Å². The summed E-state index contributed by atoms with van der Waals surface area (Å²) in [7, 11) is 0. The lowest BCUT2D eigenvalue weighted by Gasteiger charge is -2.29. The van der Waals surface area contributed by atoms with Gasteiger partial charge in [-0.2, -0.15) is 12.6 Å². The van der Waals surface area contributed by atoms with Gasteiger partial charge >= 0.3 is 0 Å². The second-order valence-corrected chi connectivity index (χ2v) is 4.58. The normalized spacial score (nSPS) is 11.6. The molecular weight excluding hydrogens is 242 g/mol. The number of hydrogen-bond donors (Lipinski definition) is 1. The van der Waals surface area contributed by atoms with Crippen molar-refractivity contribution in [1.29, 1.82) is 0 Å². The minimum absolute atomic E-state index is 0.0358. The van der Waals surface area contributed by atoms with E-state index >= 15 is 0 Å². The maximum Gasteiger partial charge on any atom is 0.129 e. The molecule has 0 aliphatic carbocycles. The Labute approximate surface area is 107 Å². The van der Waals surface area contributed by atoms with Crippen LogP contribution in [0.5, 0.6) is 5.75 Å². The Morgan fingerprint density at radius 1 is 1.12 bits per heavy atom. The van der Waals surface area contributed by atoms with Crippen molar-refractivity contribution in [1.82, 2.24) is 0 Å². The van der Waals surface area contributed by atoms with Gasteiger partial charge in [-0.1, -0.05) is 13.8 Å². The zero-order valence-corrected chi connectivity index (χ0v) is 11.1. The van der Waals surface area contributed by atoms with Crippen LogP contribution in [0.1, 0.15) is 26.7 Å². The third kappa shape index (κ3) is 3.87. The molecule has 0 fully saturated rings. The smallest absolute Gasteiger partial charge is 0.129 e. The molecule has 0 N–H and O–H groups in total. The van der Waals surface area contributed by atoms with Gasteiger partial charge in [0.1, 0.15) is 17.4 Å². The number of thiol groups is 1. The van der Waals surface area contributed by atoms with Crippen molar-refractivity contribution in [3.05, 3.63) is 29.8 Å². The van der Waals surface area contributed by atoms with E-state index in [0.29, 0.717) is 12.4 Å². The summed E-state index contributed by atoms with van der Waals surface area (Å²) in [6.07, 6.45) is 1.84. The van der Waals surface area contributed by atoms with Gasteiger partial charge in [0.05, 0.1) is 6.61 Å².